The maximum atomic E-state index is 12.1. The van der Waals surface area contributed by atoms with E-state index >= 15 is 0 Å². The largest absolute Gasteiger partial charge is 0.353 e. The summed E-state index contributed by atoms with van der Waals surface area (Å²) < 4.78 is 1.63. The van der Waals surface area contributed by atoms with Crippen molar-refractivity contribution in [2.75, 3.05) is 0 Å². The van der Waals surface area contributed by atoms with Gasteiger partial charge in [0.2, 0.25) is 5.91 Å². The molecule has 5 nitrogen and oxygen atoms in total. The third-order valence-corrected chi connectivity index (χ3v) is 5.31. The first-order valence-electron chi connectivity index (χ1n) is 8.97. The standard InChI is InChI=1S/C18H27N3O2/c1-13-6-11-18(23)21(20-13)16-9-7-15(8-10-16)19-17(22)12-14-4-2-3-5-14/h6,11,14-16H,2-5,7-10,12H2,1H3,(H,19,22). The van der Waals surface area contributed by atoms with Gasteiger partial charge >= 0.3 is 0 Å². The molecule has 23 heavy (non-hydrogen) atoms. The fourth-order valence-electron chi connectivity index (χ4n) is 4.01. The lowest BCUT2D eigenvalue weighted by molar-refractivity contribution is -0.122. The van der Waals surface area contributed by atoms with Gasteiger partial charge in [0.25, 0.3) is 5.56 Å². The average molecular weight is 317 g/mol. The highest BCUT2D eigenvalue weighted by atomic mass is 16.1. The van der Waals surface area contributed by atoms with E-state index in [1.165, 1.54) is 25.7 Å². The minimum Gasteiger partial charge on any atom is -0.353 e. The van der Waals surface area contributed by atoms with Gasteiger partial charge in [0.05, 0.1) is 11.7 Å². The molecule has 5 heteroatoms. The van der Waals surface area contributed by atoms with Gasteiger partial charge in [0.15, 0.2) is 0 Å². The van der Waals surface area contributed by atoms with Crippen LogP contribution in [0.5, 0.6) is 0 Å². The number of nitrogens with zero attached hydrogens (tertiary/aromatic N) is 2. The molecule has 1 N–H and O–H groups in total. The van der Waals surface area contributed by atoms with E-state index in [0.29, 0.717) is 12.3 Å². The van der Waals surface area contributed by atoms with Crippen LogP contribution in [0.15, 0.2) is 16.9 Å². The molecule has 2 saturated carbocycles. The second-order valence-electron chi connectivity index (χ2n) is 7.19. The van der Waals surface area contributed by atoms with Crippen LogP contribution in [0.1, 0.15) is 69.5 Å². The normalized spacial score (nSPS) is 25.4. The van der Waals surface area contributed by atoms with Gasteiger partial charge in [-0.05, 0) is 57.4 Å². The van der Waals surface area contributed by atoms with Gasteiger partial charge in [-0.2, -0.15) is 5.10 Å². The first-order valence-corrected chi connectivity index (χ1v) is 8.97. The molecule has 0 atom stereocenters. The lowest BCUT2D eigenvalue weighted by Gasteiger charge is -2.29. The summed E-state index contributed by atoms with van der Waals surface area (Å²) in [5, 5.41) is 7.56. The molecule has 1 amide bonds. The van der Waals surface area contributed by atoms with Crippen molar-refractivity contribution in [2.45, 2.75) is 76.8 Å². The summed E-state index contributed by atoms with van der Waals surface area (Å²) in [6.07, 6.45) is 9.35. The van der Waals surface area contributed by atoms with E-state index in [-0.39, 0.29) is 23.6 Å². The quantitative estimate of drug-likeness (QED) is 0.928. The van der Waals surface area contributed by atoms with Gasteiger partial charge in [0.1, 0.15) is 0 Å². The molecule has 1 aromatic heterocycles. The van der Waals surface area contributed by atoms with E-state index in [1.54, 1.807) is 16.8 Å². The molecular weight excluding hydrogens is 290 g/mol. The van der Waals surface area contributed by atoms with Gasteiger partial charge < -0.3 is 5.32 Å². The molecule has 0 unspecified atom stereocenters. The molecule has 0 radical (unpaired) electrons. The third-order valence-electron chi connectivity index (χ3n) is 5.31. The summed E-state index contributed by atoms with van der Waals surface area (Å²) >= 11 is 0. The second-order valence-corrected chi connectivity index (χ2v) is 7.19. The van der Waals surface area contributed by atoms with Crippen LogP contribution in [0, 0.1) is 12.8 Å². The fraction of sp³-hybridized carbons (Fsp3) is 0.722. The maximum Gasteiger partial charge on any atom is 0.267 e. The summed E-state index contributed by atoms with van der Waals surface area (Å²) in [7, 11) is 0. The Morgan fingerprint density at radius 3 is 2.57 bits per heavy atom. The van der Waals surface area contributed by atoms with Gasteiger partial charge in [-0.1, -0.05) is 12.8 Å². The van der Waals surface area contributed by atoms with E-state index in [2.05, 4.69) is 10.4 Å². The highest BCUT2D eigenvalue weighted by molar-refractivity contribution is 5.76. The zero-order valence-corrected chi connectivity index (χ0v) is 14.0. The Kier molecular flexibility index (Phi) is 5.13. The fourth-order valence-corrected chi connectivity index (χ4v) is 4.01. The van der Waals surface area contributed by atoms with Crippen LogP contribution in [0.4, 0.5) is 0 Å². The Labute approximate surface area is 137 Å². The van der Waals surface area contributed by atoms with E-state index in [9.17, 15) is 9.59 Å². The van der Waals surface area contributed by atoms with Crippen LogP contribution >= 0.6 is 0 Å². The number of hydrogen-bond donors (Lipinski definition) is 1. The van der Waals surface area contributed by atoms with Crippen molar-refractivity contribution in [2.24, 2.45) is 5.92 Å². The third kappa shape index (κ3) is 4.21. The molecule has 0 spiro atoms. The molecular formula is C18H27N3O2. The number of rotatable bonds is 4. The summed E-state index contributed by atoms with van der Waals surface area (Å²) in [5.74, 6) is 0.813. The first kappa shape index (κ1) is 16.2. The first-order chi connectivity index (χ1) is 11.1. The lowest BCUT2D eigenvalue weighted by atomic mass is 9.91. The highest BCUT2D eigenvalue weighted by Crippen LogP contribution is 2.29. The Morgan fingerprint density at radius 1 is 1.17 bits per heavy atom. The maximum absolute atomic E-state index is 12.1. The van der Waals surface area contributed by atoms with Gasteiger partial charge in [0, 0.05) is 18.5 Å². The number of nitrogens with one attached hydrogen (secondary N) is 1. The van der Waals surface area contributed by atoms with Crippen LogP contribution < -0.4 is 10.9 Å². The molecule has 0 aliphatic heterocycles. The van der Waals surface area contributed by atoms with Crippen molar-refractivity contribution in [3.8, 4) is 0 Å². The molecule has 0 saturated heterocycles. The number of amides is 1. The molecule has 126 valence electrons. The Morgan fingerprint density at radius 2 is 1.87 bits per heavy atom. The minimum atomic E-state index is -0.0238. The monoisotopic (exact) mass is 317 g/mol. The molecule has 2 aliphatic rings. The second kappa shape index (κ2) is 7.28. The van der Waals surface area contributed by atoms with Gasteiger partial charge in [-0.25, -0.2) is 4.68 Å². The number of carbonyl (C=O) groups excluding carboxylic acids is 1. The van der Waals surface area contributed by atoms with Crippen LogP contribution in [-0.4, -0.2) is 21.7 Å². The molecule has 0 bridgehead atoms. The summed E-state index contributed by atoms with van der Waals surface area (Å²) in [6.45, 7) is 1.91. The van der Waals surface area contributed by atoms with Crippen LogP contribution in [-0.2, 0) is 4.79 Å². The summed E-state index contributed by atoms with van der Waals surface area (Å²) in [5.41, 5.74) is 0.848. The smallest absolute Gasteiger partial charge is 0.267 e. The Balaban J connectivity index is 1.49. The number of aromatic nitrogens is 2. The van der Waals surface area contributed by atoms with Crippen LogP contribution in [0.3, 0.4) is 0 Å². The number of carbonyl (C=O) groups is 1. The molecule has 2 fully saturated rings. The molecule has 3 rings (SSSR count). The van der Waals surface area contributed by atoms with Crippen LogP contribution in [0.25, 0.3) is 0 Å². The predicted molar refractivity (Wildman–Crippen MR) is 89.2 cm³/mol. The molecule has 1 aromatic rings. The number of hydrogen-bond acceptors (Lipinski definition) is 3. The van der Waals surface area contributed by atoms with Crippen molar-refractivity contribution in [1.29, 1.82) is 0 Å². The Bertz CT molecular complexity index is 597. The molecule has 0 aromatic carbocycles. The van der Waals surface area contributed by atoms with E-state index in [4.69, 9.17) is 0 Å². The zero-order valence-electron chi connectivity index (χ0n) is 14.0. The molecule has 1 heterocycles. The average Bonchev–Trinajstić information content (AvgIpc) is 3.03. The van der Waals surface area contributed by atoms with Crippen LogP contribution in [0.2, 0.25) is 0 Å². The van der Waals surface area contributed by atoms with Crippen molar-refractivity contribution >= 4 is 5.91 Å². The number of aryl methyl sites for hydroxylation is 1. The molecule has 2 aliphatic carbocycles. The minimum absolute atomic E-state index is 0.0238. The van der Waals surface area contributed by atoms with Crippen molar-refractivity contribution < 1.29 is 4.79 Å². The van der Waals surface area contributed by atoms with Gasteiger partial charge in [-0.3, -0.25) is 9.59 Å². The van der Waals surface area contributed by atoms with Crippen molar-refractivity contribution in [1.82, 2.24) is 15.1 Å². The zero-order chi connectivity index (χ0) is 16.2. The lowest BCUT2D eigenvalue weighted by Crippen LogP contribution is -2.40. The van der Waals surface area contributed by atoms with Crippen molar-refractivity contribution in [3.05, 3.63) is 28.2 Å². The SMILES string of the molecule is Cc1ccc(=O)n(C2CCC(NC(=O)CC3CCCC3)CC2)n1. The topological polar surface area (TPSA) is 64.0 Å². The predicted octanol–water partition coefficient (Wildman–Crippen LogP) is 2.73. The highest BCUT2D eigenvalue weighted by Gasteiger charge is 2.26. The van der Waals surface area contributed by atoms with Gasteiger partial charge in [-0.15, -0.1) is 0 Å². The Hall–Kier alpha value is -1.65. The van der Waals surface area contributed by atoms with E-state index in [1.807, 2.05) is 6.92 Å². The van der Waals surface area contributed by atoms with Crippen molar-refractivity contribution in [3.63, 3.8) is 0 Å². The summed E-state index contributed by atoms with van der Waals surface area (Å²) in [6, 6.07) is 3.79. The van der Waals surface area contributed by atoms with E-state index < -0.39 is 0 Å². The van der Waals surface area contributed by atoms with E-state index in [0.717, 1.165) is 31.4 Å². The summed E-state index contributed by atoms with van der Waals surface area (Å²) in [4.78, 5) is 24.1.